The van der Waals surface area contributed by atoms with Crippen LogP contribution in [-0.4, -0.2) is 33.9 Å². The number of hydrogen-bond acceptors (Lipinski definition) is 7. The molecule has 0 aliphatic carbocycles. The summed E-state index contributed by atoms with van der Waals surface area (Å²) in [4.78, 5) is 41.2. The largest absolute Gasteiger partial charge is 0.481 e. The second-order valence-corrected chi connectivity index (χ2v) is 9.11. The zero-order valence-electron chi connectivity index (χ0n) is 20.5. The smallest absolute Gasteiger partial charge is 0.281 e. The Morgan fingerprint density at radius 3 is 2.36 bits per heavy atom. The van der Waals surface area contributed by atoms with Crippen molar-refractivity contribution < 1.29 is 18.7 Å². The summed E-state index contributed by atoms with van der Waals surface area (Å²) in [6.07, 6.45) is 7.08. The molecule has 0 bridgehead atoms. The van der Waals surface area contributed by atoms with Gasteiger partial charge in [-0.05, 0) is 35.2 Å². The van der Waals surface area contributed by atoms with Crippen molar-refractivity contribution in [2.24, 2.45) is 0 Å². The highest BCUT2D eigenvalue weighted by Crippen LogP contribution is 2.32. The van der Waals surface area contributed by atoms with Crippen LogP contribution in [0.5, 0.6) is 5.88 Å². The summed E-state index contributed by atoms with van der Waals surface area (Å²) in [5.74, 6) is -0.533. The number of pyridine rings is 2. The van der Waals surface area contributed by atoms with Crippen molar-refractivity contribution >= 4 is 23.2 Å². The molecule has 4 aromatic rings. The molecule has 1 aromatic carbocycles. The standard InChI is InChI=1S/C27H27N5O4/c1-27(2,3)19-7-10-21(11-8-19)32(26(34)22-16-36-17-30-22)24(18-6-5-13-28-14-18)25(33)31-20-9-12-23(35-4)29-15-20/h5-17,24H,1-4H3,(H,31,33). The predicted molar refractivity (Wildman–Crippen MR) is 135 cm³/mol. The lowest BCUT2D eigenvalue weighted by molar-refractivity contribution is -0.117. The number of nitrogens with one attached hydrogen (secondary N) is 1. The van der Waals surface area contributed by atoms with Crippen molar-refractivity contribution in [2.75, 3.05) is 17.3 Å². The van der Waals surface area contributed by atoms with Crippen LogP contribution in [0.2, 0.25) is 0 Å². The molecule has 0 radical (unpaired) electrons. The first-order valence-corrected chi connectivity index (χ1v) is 11.3. The van der Waals surface area contributed by atoms with Gasteiger partial charge in [0.05, 0.1) is 19.0 Å². The van der Waals surface area contributed by atoms with Crippen LogP contribution in [-0.2, 0) is 10.2 Å². The lowest BCUT2D eigenvalue weighted by Crippen LogP contribution is -2.42. The molecule has 3 aromatic heterocycles. The molecule has 3 heterocycles. The minimum Gasteiger partial charge on any atom is -0.481 e. The number of aromatic nitrogens is 3. The quantitative estimate of drug-likeness (QED) is 0.400. The molecule has 0 saturated heterocycles. The van der Waals surface area contributed by atoms with Crippen LogP contribution in [0.4, 0.5) is 11.4 Å². The van der Waals surface area contributed by atoms with E-state index in [4.69, 9.17) is 9.15 Å². The fourth-order valence-corrected chi connectivity index (χ4v) is 3.69. The highest BCUT2D eigenvalue weighted by molar-refractivity contribution is 6.11. The van der Waals surface area contributed by atoms with Crippen molar-refractivity contribution in [3.63, 3.8) is 0 Å². The maximum absolute atomic E-state index is 13.7. The number of amides is 2. The van der Waals surface area contributed by atoms with Gasteiger partial charge in [0.2, 0.25) is 5.88 Å². The van der Waals surface area contributed by atoms with Gasteiger partial charge in [0.1, 0.15) is 12.3 Å². The second kappa shape index (κ2) is 10.4. The molecule has 0 aliphatic heterocycles. The fraction of sp³-hybridized carbons (Fsp3) is 0.222. The van der Waals surface area contributed by atoms with E-state index >= 15 is 0 Å². The first-order chi connectivity index (χ1) is 17.3. The summed E-state index contributed by atoms with van der Waals surface area (Å²) in [5, 5.41) is 2.86. The molecule has 9 nitrogen and oxygen atoms in total. The Labute approximate surface area is 209 Å². The first-order valence-electron chi connectivity index (χ1n) is 11.3. The van der Waals surface area contributed by atoms with Crippen molar-refractivity contribution in [3.8, 4) is 5.88 Å². The van der Waals surface area contributed by atoms with Crippen LogP contribution in [0.15, 0.2) is 84.2 Å². The average molecular weight is 486 g/mol. The van der Waals surface area contributed by atoms with Crippen LogP contribution in [0.3, 0.4) is 0 Å². The molecule has 4 rings (SSSR count). The second-order valence-electron chi connectivity index (χ2n) is 9.11. The van der Waals surface area contributed by atoms with E-state index in [-0.39, 0.29) is 11.1 Å². The molecule has 184 valence electrons. The van der Waals surface area contributed by atoms with Crippen LogP contribution in [0, 0.1) is 0 Å². The van der Waals surface area contributed by atoms with Gasteiger partial charge >= 0.3 is 0 Å². The third-order valence-electron chi connectivity index (χ3n) is 5.60. The van der Waals surface area contributed by atoms with Crippen LogP contribution in [0.25, 0.3) is 0 Å². The number of anilines is 2. The van der Waals surface area contributed by atoms with Gasteiger partial charge in [-0.1, -0.05) is 39.0 Å². The molecule has 2 amide bonds. The van der Waals surface area contributed by atoms with E-state index in [1.165, 1.54) is 30.9 Å². The van der Waals surface area contributed by atoms with Crippen molar-refractivity contribution in [1.29, 1.82) is 0 Å². The minimum absolute atomic E-state index is 0.0719. The Kier molecular flexibility index (Phi) is 7.10. The van der Waals surface area contributed by atoms with E-state index < -0.39 is 17.9 Å². The SMILES string of the molecule is COc1ccc(NC(=O)C(c2cccnc2)N(C(=O)c2cocn2)c2ccc(C(C)(C)C)cc2)cn1. The fourth-order valence-electron chi connectivity index (χ4n) is 3.69. The molecule has 0 aliphatic rings. The molecule has 1 atom stereocenters. The molecule has 0 fully saturated rings. The van der Waals surface area contributed by atoms with Crippen molar-refractivity contribution in [3.05, 3.63) is 96.6 Å². The van der Waals surface area contributed by atoms with E-state index in [1.807, 2.05) is 24.3 Å². The monoisotopic (exact) mass is 485 g/mol. The average Bonchev–Trinajstić information content (AvgIpc) is 3.42. The van der Waals surface area contributed by atoms with Crippen LogP contribution < -0.4 is 15.0 Å². The van der Waals surface area contributed by atoms with E-state index in [2.05, 4.69) is 41.0 Å². The van der Waals surface area contributed by atoms with Gasteiger partial charge in [-0.3, -0.25) is 19.5 Å². The third kappa shape index (κ3) is 5.41. The zero-order valence-corrected chi connectivity index (χ0v) is 20.5. The summed E-state index contributed by atoms with van der Waals surface area (Å²) in [6.45, 7) is 6.32. The maximum atomic E-state index is 13.7. The Morgan fingerprint density at radius 1 is 1.03 bits per heavy atom. The van der Waals surface area contributed by atoms with E-state index in [1.54, 1.807) is 36.7 Å². The Morgan fingerprint density at radius 2 is 1.81 bits per heavy atom. The van der Waals surface area contributed by atoms with Gasteiger partial charge < -0.3 is 14.5 Å². The molecule has 0 spiro atoms. The molecule has 36 heavy (non-hydrogen) atoms. The van der Waals surface area contributed by atoms with Gasteiger partial charge in [0.15, 0.2) is 12.1 Å². The van der Waals surface area contributed by atoms with E-state index in [0.29, 0.717) is 22.8 Å². The Balaban J connectivity index is 1.79. The number of ether oxygens (including phenoxy) is 1. The summed E-state index contributed by atoms with van der Waals surface area (Å²) >= 11 is 0. The molecule has 1 unspecified atom stereocenters. The van der Waals surface area contributed by atoms with E-state index in [9.17, 15) is 9.59 Å². The topological polar surface area (TPSA) is 110 Å². The lowest BCUT2D eigenvalue weighted by atomic mass is 9.87. The van der Waals surface area contributed by atoms with Gasteiger partial charge in [0.25, 0.3) is 11.8 Å². The molecular weight excluding hydrogens is 458 g/mol. The normalized spacial score (nSPS) is 12.0. The summed E-state index contributed by atoms with van der Waals surface area (Å²) in [6, 6.07) is 13.2. The Hall–Kier alpha value is -4.53. The summed E-state index contributed by atoms with van der Waals surface area (Å²) < 4.78 is 10.1. The molecule has 0 saturated carbocycles. The van der Waals surface area contributed by atoms with Gasteiger partial charge in [-0.25, -0.2) is 9.97 Å². The predicted octanol–water partition coefficient (Wildman–Crippen LogP) is 4.80. The third-order valence-corrected chi connectivity index (χ3v) is 5.60. The lowest BCUT2D eigenvalue weighted by Gasteiger charge is -2.31. The number of rotatable bonds is 7. The van der Waals surface area contributed by atoms with Crippen molar-refractivity contribution in [1.82, 2.24) is 15.0 Å². The highest BCUT2D eigenvalue weighted by atomic mass is 16.5. The van der Waals surface area contributed by atoms with Crippen LogP contribution in [0.1, 0.15) is 48.4 Å². The number of carbonyl (C=O) groups excluding carboxylic acids is 2. The molecular formula is C27H27N5O4. The number of nitrogens with zero attached hydrogens (tertiary/aromatic N) is 4. The summed E-state index contributed by atoms with van der Waals surface area (Å²) in [7, 11) is 1.51. The number of hydrogen-bond donors (Lipinski definition) is 1. The number of carbonyl (C=O) groups is 2. The number of oxazole rings is 1. The number of methoxy groups -OCH3 is 1. The van der Waals surface area contributed by atoms with Crippen LogP contribution >= 0.6 is 0 Å². The number of benzene rings is 1. The van der Waals surface area contributed by atoms with Gasteiger partial charge in [-0.15, -0.1) is 0 Å². The molecule has 9 heteroatoms. The maximum Gasteiger partial charge on any atom is 0.281 e. The summed E-state index contributed by atoms with van der Waals surface area (Å²) in [5.41, 5.74) is 2.57. The Bertz CT molecular complexity index is 1300. The minimum atomic E-state index is -1.06. The van der Waals surface area contributed by atoms with Gasteiger partial charge in [-0.2, -0.15) is 0 Å². The van der Waals surface area contributed by atoms with Gasteiger partial charge in [0, 0.05) is 29.7 Å². The zero-order chi connectivity index (χ0) is 25.7. The van der Waals surface area contributed by atoms with E-state index in [0.717, 1.165) is 5.56 Å². The first kappa shape index (κ1) is 24.6. The molecule has 1 N–H and O–H groups in total. The highest BCUT2D eigenvalue weighted by Gasteiger charge is 2.35. The van der Waals surface area contributed by atoms with Crippen molar-refractivity contribution in [2.45, 2.75) is 32.2 Å².